The summed E-state index contributed by atoms with van der Waals surface area (Å²) in [4.78, 5) is 14.2. The fraction of sp³-hybridized carbons (Fsp3) is 0.750. The van der Waals surface area contributed by atoms with Gasteiger partial charge in [-0.15, -0.1) is 0 Å². The van der Waals surface area contributed by atoms with Gasteiger partial charge in [-0.3, -0.25) is 9.48 Å². The Balaban J connectivity index is 1.64. The molecule has 21 heavy (non-hydrogen) atoms. The van der Waals surface area contributed by atoms with Crippen LogP contribution in [0.5, 0.6) is 0 Å². The Bertz CT molecular complexity index is 478. The molecule has 116 valence electrons. The Labute approximate surface area is 126 Å². The summed E-state index contributed by atoms with van der Waals surface area (Å²) >= 11 is 0. The van der Waals surface area contributed by atoms with E-state index in [2.05, 4.69) is 22.3 Å². The van der Waals surface area contributed by atoms with Crippen molar-refractivity contribution in [3.8, 4) is 0 Å². The van der Waals surface area contributed by atoms with Crippen LogP contribution in [-0.2, 0) is 11.3 Å². The molecule has 1 unspecified atom stereocenters. The van der Waals surface area contributed by atoms with Gasteiger partial charge in [0.1, 0.15) is 0 Å². The quantitative estimate of drug-likeness (QED) is 0.927. The molecule has 5 heteroatoms. The van der Waals surface area contributed by atoms with Crippen molar-refractivity contribution < 1.29 is 4.79 Å². The van der Waals surface area contributed by atoms with Crippen molar-refractivity contribution in [2.45, 2.75) is 64.1 Å². The van der Waals surface area contributed by atoms with Gasteiger partial charge >= 0.3 is 0 Å². The number of hydrogen-bond donors (Lipinski definition) is 1. The van der Waals surface area contributed by atoms with Crippen molar-refractivity contribution in [2.75, 3.05) is 13.1 Å². The van der Waals surface area contributed by atoms with Gasteiger partial charge in [0.2, 0.25) is 5.91 Å². The molecule has 1 N–H and O–H groups in total. The number of amides is 1. The molecule has 1 atom stereocenters. The van der Waals surface area contributed by atoms with Gasteiger partial charge in [-0.05, 0) is 38.8 Å². The second kappa shape index (κ2) is 6.60. The number of aromatic nitrogens is 2. The molecule has 1 aromatic heterocycles. The van der Waals surface area contributed by atoms with Crippen LogP contribution in [0.25, 0.3) is 0 Å². The van der Waals surface area contributed by atoms with Gasteiger partial charge in [0.25, 0.3) is 0 Å². The molecule has 1 saturated heterocycles. The highest BCUT2D eigenvalue weighted by molar-refractivity contribution is 5.81. The van der Waals surface area contributed by atoms with E-state index in [9.17, 15) is 4.79 Å². The minimum Gasteiger partial charge on any atom is -0.335 e. The molecular formula is C16H26N4O. The minimum absolute atomic E-state index is 0.0760. The fourth-order valence-electron chi connectivity index (χ4n) is 3.42. The summed E-state index contributed by atoms with van der Waals surface area (Å²) in [5.41, 5.74) is 1.02. The van der Waals surface area contributed by atoms with Crippen LogP contribution in [0.4, 0.5) is 0 Å². The molecule has 1 aliphatic carbocycles. The van der Waals surface area contributed by atoms with Crippen LogP contribution in [0, 0.1) is 0 Å². The first-order valence-electron chi connectivity index (χ1n) is 8.30. The molecule has 2 heterocycles. The second-order valence-corrected chi connectivity index (χ2v) is 6.37. The summed E-state index contributed by atoms with van der Waals surface area (Å²) in [6, 6.07) is 2.56. The fourth-order valence-corrected chi connectivity index (χ4v) is 3.42. The lowest BCUT2D eigenvalue weighted by atomic mass is 9.96. The third kappa shape index (κ3) is 3.46. The molecule has 0 bridgehead atoms. The first-order chi connectivity index (χ1) is 10.2. The highest BCUT2D eigenvalue weighted by Crippen LogP contribution is 2.27. The molecule has 2 fully saturated rings. The van der Waals surface area contributed by atoms with Crippen molar-refractivity contribution in [1.29, 1.82) is 0 Å². The topological polar surface area (TPSA) is 50.2 Å². The average Bonchev–Trinajstić information content (AvgIpc) is 2.92. The van der Waals surface area contributed by atoms with Gasteiger partial charge < -0.3 is 10.2 Å². The number of nitrogens with zero attached hydrogens (tertiary/aromatic N) is 3. The lowest BCUT2D eigenvalue weighted by Gasteiger charge is -2.23. The van der Waals surface area contributed by atoms with E-state index in [0.29, 0.717) is 12.6 Å². The van der Waals surface area contributed by atoms with Crippen LogP contribution in [-0.4, -0.2) is 39.7 Å². The maximum Gasteiger partial charge on any atom is 0.239 e. The zero-order valence-corrected chi connectivity index (χ0v) is 12.9. The normalized spacial score (nSPS) is 25.1. The first-order valence-corrected chi connectivity index (χ1v) is 8.30. The van der Waals surface area contributed by atoms with E-state index in [1.807, 2.05) is 11.8 Å². The average molecular weight is 290 g/mol. The second-order valence-electron chi connectivity index (χ2n) is 6.37. The summed E-state index contributed by atoms with van der Waals surface area (Å²) in [5.74, 6) is 0.194. The lowest BCUT2D eigenvalue weighted by molar-refractivity contribution is -0.132. The van der Waals surface area contributed by atoms with E-state index in [1.54, 1.807) is 0 Å². The lowest BCUT2D eigenvalue weighted by Crippen LogP contribution is -2.41. The molecular weight excluding hydrogens is 264 g/mol. The summed E-state index contributed by atoms with van der Waals surface area (Å²) < 4.78 is 2.12. The van der Waals surface area contributed by atoms with Crippen molar-refractivity contribution in [3.05, 3.63) is 18.0 Å². The zero-order valence-electron chi connectivity index (χ0n) is 12.9. The number of nitrogens with one attached hydrogen (secondary N) is 1. The van der Waals surface area contributed by atoms with Crippen molar-refractivity contribution in [1.82, 2.24) is 20.0 Å². The zero-order chi connectivity index (χ0) is 14.7. The highest BCUT2D eigenvalue weighted by atomic mass is 16.2. The Hall–Kier alpha value is -1.36. The molecule has 1 saturated carbocycles. The number of hydrogen-bond acceptors (Lipinski definition) is 3. The maximum atomic E-state index is 12.3. The van der Waals surface area contributed by atoms with Crippen LogP contribution in [0.3, 0.4) is 0 Å². The van der Waals surface area contributed by atoms with E-state index in [0.717, 1.165) is 25.2 Å². The Morgan fingerprint density at radius 1 is 1.29 bits per heavy atom. The van der Waals surface area contributed by atoms with Crippen molar-refractivity contribution >= 4 is 5.91 Å². The van der Waals surface area contributed by atoms with Gasteiger partial charge in [-0.2, -0.15) is 5.10 Å². The standard InChI is InChI=1S/C16H26N4O/c1-13-16(21)19(10-5-9-17-13)12-14-8-11-20(18-14)15-6-3-2-4-7-15/h8,11,13,15,17H,2-7,9-10,12H2,1H3. The van der Waals surface area contributed by atoms with Gasteiger partial charge in [-0.1, -0.05) is 19.3 Å². The molecule has 3 rings (SSSR count). The smallest absolute Gasteiger partial charge is 0.239 e. The molecule has 1 aromatic rings. The van der Waals surface area contributed by atoms with Gasteiger partial charge in [0.05, 0.1) is 24.3 Å². The number of carbonyl (C=O) groups excluding carboxylic acids is 1. The van der Waals surface area contributed by atoms with E-state index >= 15 is 0 Å². The predicted octanol–water partition coefficient (Wildman–Crippen LogP) is 2.10. The Kier molecular flexibility index (Phi) is 4.58. The van der Waals surface area contributed by atoms with E-state index in [4.69, 9.17) is 5.10 Å². The third-order valence-electron chi connectivity index (χ3n) is 4.70. The van der Waals surface area contributed by atoms with Crippen LogP contribution < -0.4 is 5.32 Å². The van der Waals surface area contributed by atoms with E-state index < -0.39 is 0 Å². The Morgan fingerprint density at radius 2 is 2.10 bits per heavy atom. The molecule has 0 aromatic carbocycles. The predicted molar refractivity (Wildman–Crippen MR) is 81.8 cm³/mol. The van der Waals surface area contributed by atoms with Crippen LogP contribution in [0.1, 0.15) is 57.2 Å². The van der Waals surface area contributed by atoms with Gasteiger partial charge in [-0.25, -0.2) is 0 Å². The molecule has 0 spiro atoms. The van der Waals surface area contributed by atoms with E-state index in [-0.39, 0.29) is 11.9 Å². The molecule has 1 amide bonds. The van der Waals surface area contributed by atoms with Crippen LogP contribution in [0.15, 0.2) is 12.3 Å². The molecule has 1 aliphatic heterocycles. The molecule has 0 radical (unpaired) electrons. The number of rotatable bonds is 3. The molecule has 2 aliphatic rings. The summed E-state index contributed by atoms with van der Waals surface area (Å²) in [6.45, 7) is 4.33. The van der Waals surface area contributed by atoms with E-state index in [1.165, 1.54) is 32.1 Å². The summed E-state index contributed by atoms with van der Waals surface area (Å²) in [7, 11) is 0. The summed E-state index contributed by atoms with van der Waals surface area (Å²) in [6.07, 6.45) is 9.57. The largest absolute Gasteiger partial charge is 0.335 e. The van der Waals surface area contributed by atoms with Gasteiger partial charge in [0, 0.05) is 12.7 Å². The number of carbonyl (C=O) groups is 1. The van der Waals surface area contributed by atoms with Crippen molar-refractivity contribution in [3.63, 3.8) is 0 Å². The first kappa shape index (κ1) is 14.6. The van der Waals surface area contributed by atoms with Gasteiger partial charge in [0.15, 0.2) is 0 Å². The molecule has 5 nitrogen and oxygen atoms in total. The highest BCUT2D eigenvalue weighted by Gasteiger charge is 2.24. The third-order valence-corrected chi connectivity index (χ3v) is 4.70. The van der Waals surface area contributed by atoms with Crippen LogP contribution >= 0.6 is 0 Å². The van der Waals surface area contributed by atoms with Crippen LogP contribution in [0.2, 0.25) is 0 Å². The SMILES string of the molecule is CC1NCCCN(Cc2ccn(C3CCCCC3)n2)C1=O. The van der Waals surface area contributed by atoms with Crippen molar-refractivity contribution in [2.24, 2.45) is 0 Å². The monoisotopic (exact) mass is 290 g/mol. The maximum absolute atomic E-state index is 12.3. The minimum atomic E-state index is -0.0760. The summed E-state index contributed by atoms with van der Waals surface area (Å²) in [5, 5.41) is 7.97. The Morgan fingerprint density at radius 3 is 2.90 bits per heavy atom.